The summed E-state index contributed by atoms with van der Waals surface area (Å²) in [5.74, 6) is 1.52. The molecule has 2 aliphatic rings. The molecule has 28 heavy (non-hydrogen) atoms. The second-order valence-electron chi connectivity index (χ2n) is 9.47. The predicted molar refractivity (Wildman–Crippen MR) is 118 cm³/mol. The number of nitrogens with one attached hydrogen (secondary N) is 1. The Kier molecular flexibility index (Phi) is 7.08. The first kappa shape index (κ1) is 21.6. The number of nitrogens with zero attached hydrogens (tertiary/aromatic N) is 1. The third-order valence-electron chi connectivity index (χ3n) is 7.20. The molecule has 1 aromatic rings. The van der Waals surface area contributed by atoms with Crippen molar-refractivity contribution in [2.75, 3.05) is 30.6 Å². The highest BCUT2D eigenvalue weighted by Crippen LogP contribution is 2.40. The Morgan fingerprint density at radius 1 is 1.21 bits per heavy atom. The lowest BCUT2D eigenvalue weighted by Crippen LogP contribution is -2.47. The standard InChI is InChI=1S/C23H38N2O2S/c1-19-18-25(15-8-11-20-9-5-4-6-10-20)16-14-23(19,2)21-12-7-13-22(17-21)24-28(3,26)27/h7,12-13,17,19-20,24H,4-6,8-11,14-16,18H2,1-3H3. The van der Waals surface area contributed by atoms with Gasteiger partial charge in [0.25, 0.3) is 0 Å². The van der Waals surface area contributed by atoms with Crippen LogP contribution in [0.25, 0.3) is 0 Å². The summed E-state index contributed by atoms with van der Waals surface area (Å²) in [4.78, 5) is 2.65. The fourth-order valence-electron chi connectivity index (χ4n) is 5.18. The zero-order valence-corrected chi connectivity index (χ0v) is 18.7. The fraction of sp³-hybridized carbons (Fsp3) is 0.739. The summed E-state index contributed by atoms with van der Waals surface area (Å²) in [5, 5.41) is 0. The van der Waals surface area contributed by atoms with E-state index in [0.29, 0.717) is 11.6 Å². The number of benzene rings is 1. The Morgan fingerprint density at radius 3 is 2.64 bits per heavy atom. The maximum absolute atomic E-state index is 11.6. The van der Waals surface area contributed by atoms with E-state index in [1.807, 2.05) is 18.2 Å². The molecule has 1 saturated heterocycles. The molecule has 2 atom stereocenters. The van der Waals surface area contributed by atoms with E-state index in [4.69, 9.17) is 0 Å². The summed E-state index contributed by atoms with van der Waals surface area (Å²) in [6.07, 6.45) is 12.3. The lowest BCUT2D eigenvalue weighted by molar-refractivity contribution is 0.107. The molecule has 0 bridgehead atoms. The average molecular weight is 407 g/mol. The minimum atomic E-state index is -3.24. The molecule has 158 valence electrons. The number of rotatable bonds is 7. The summed E-state index contributed by atoms with van der Waals surface area (Å²) in [5.41, 5.74) is 2.01. The molecule has 2 fully saturated rings. The Morgan fingerprint density at radius 2 is 1.96 bits per heavy atom. The van der Waals surface area contributed by atoms with Crippen molar-refractivity contribution >= 4 is 15.7 Å². The summed E-state index contributed by atoms with van der Waals surface area (Å²) < 4.78 is 25.8. The molecule has 1 heterocycles. The van der Waals surface area contributed by atoms with Crippen LogP contribution in [0.1, 0.15) is 70.8 Å². The zero-order chi connectivity index (χ0) is 20.2. The van der Waals surface area contributed by atoms with Gasteiger partial charge in [0.1, 0.15) is 0 Å². The molecular weight excluding hydrogens is 368 g/mol. The van der Waals surface area contributed by atoms with E-state index in [1.54, 1.807) is 0 Å². The SMILES string of the molecule is CC1CN(CCCC2CCCCC2)CCC1(C)c1cccc(NS(C)(=O)=O)c1. The van der Waals surface area contributed by atoms with Crippen LogP contribution in [0.15, 0.2) is 24.3 Å². The minimum Gasteiger partial charge on any atom is -0.303 e. The molecule has 1 N–H and O–H groups in total. The van der Waals surface area contributed by atoms with Crippen molar-refractivity contribution in [3.05, 3.63) is 29.8 Å². The molecule has 0 radical (unpaired) electrons. The van der Waals surface area contributed by atoms with Gasteiger partial charge in [0, 0.05) is 12.2 Å². The van der Waals surface area contributed by atoms with Crippen LogP contribution >= 0.6 is 0 Å². The zero-order valence-electron chi connectivity index (χ0n) is 17.9. The monoisotopic (exact) mass is 406 g/mol. The largest absolute Gasteiger partial charge is 0.303 e. The van der Waals surface area contributed by atoms with Crippen molar-refractivity contribution in [1.29, 1.82) is 0 Å². The van der Waals surface area contributed by atoms with Gasteiger partial charge < -0.3 is 4.90 Å². The van der Waals surface area contributed by atoms with Crippen LogP contribution in [-0.2, 0) is 15.4 Å². The number of likely N-dealkylation sites (tertiary alicyclic amines) is 1. The van der Waals surface area contributed by atoms with Crippen LogP contribution in [0.2, 0.25) is 0 Å². The molecule has 0 amide bonds. The molecule has 1 aliphatic carbocycles. The number of sulfonamides is 1. The highest BCUT2D eigenvalue weighted by Gasteiger charge is 2.38. The Bertz CT molecular complexity index is 743. The van der Waals surface area contributed by atoms with E-state index < -0.39 is 10.0 Å². The number of hydrogen-bond donors (Lipinski definition) is 1. The summed E-state index contributed by atoms with van der Waals surface area (Å²) in [7, 11) is -3.24. The van der Waals surface area contributed by atoms with Crippen LogP contribution in [-0.4, -0.2) is 39.2 Å². The minimum absolute atomic E-state index is 0.0923. The highest BCUT2D eigenvalue weighted by atomic mass is 32.2. The van der Waals surface area contributed by atoms with Gasteiger partial charge in [0.2, 0.25) is 10.0 Å². The van der Waals surface area contributed by atoms with Gasteiger partial charge in [-0.2, -0.15) is 0 Å². The van der Waals surface area contributed by atoms with E-state index >= 15 is 0 Å². The molecule has 1 saturated carbocycles. The first-order valence-corrected chi connectivity index (χ1v) is 13.0. The lowest BCUT2D eigenvalue weighted by atomic mass is 9.68. The average Bonchev–Trinajstić information content (AvgIpc) is 2.64. The van der Waals surface area contributed by atoms with Crippen LogP contribution < -0.4 is 4.72 Å². The third-order valence-corrected chi connectivity index (χ3v) is 7.81. The molecule has 2 unspecified atom stereocenters. The molecule has 1 aromatic carbocycles. The molecular formula is C23H38N2O2S. The predicted octanol–water partition coefficient (Wildman–Crippen LogP) is 5.02. The van der Waals surface area contributed by atoms with Crippen LogP contribution in [0.5, 0.6) is 0 Å². The molecule has 0 aromatic heterocycles. The van der Waals surface area contributed by atoms with E-state index in [-0.39, 0.29) is 5.41 Å². The Hall–Kier alpha value is -1.07. The van der Waals surface area contributed by atoms with Gasteiger partial charge in [0.15, 0.2) is 0 Å². The number of hydrogen-bond acceptors (Lipinski definition) is 3. The fourth-order valence-corrected chi connectivity index (χ4v) is 5.74. The van der Waals surface area contributed by atoms with E-state index in [2.05, 4.69) is 29.5 Å². The second-order valence-corrected chi connectivity index (χ2v) is 11.2. The van der Waals surface area contributed by atoms with E-state index in [9.17, 15) is 8.42 Å². The van der Waals surface area contributed by atoms with Crippen LogP contribution in [0.4, 0.5) is 5.69 Å². The van der Waals surface area contributed by atoms with Crippen molar-refractivity contribution in [3.63, 3.8) is 0 Å². The normalized spacial score (nSPS) is 27.6. The number of anilines is 1. The molecule has 3 rings (SSSR count). The van der Waals surface area contributed by atoms with Crippen molar-refractivity contribution in [2.24, 2.45) is 11.8 Å². The molecule has 1 aliphatic heterocycles. The Balaban J connectivity index is 1.55. The quantitative estimate of drug-likeness (QED) is 0.692. The molecule has 0 spiro atoms. The highest BCUT2D eigenvalue weighted by molar-refractivity contribution is 7.92. The molecule has 5 heteroatoms. The summed E-state index contributed by atoms with van der Waals surface area (Å²) >= 11 is 0. The van der Waals surface area contributed by atoms with Gasteiger partial charge >= 0.3 is 0 Å². The van der Waals surface area contributed by atoms with Gasteiger partial charge in [-0.05, 0) is 67.3 Å². The van der Waals surface area contributed by atoms with Crippen molar-refractivity contribution in [2.45, 2.75) is 70.6 Å². The lowest BCUT2D eigenvalue weighted by Gasteiger charge is -2.45. The van der Waals surface area contributed by atoms with Crippen molar-refractivity contribution in [3.8, 4) is 0 Å². The summed E-state index contributed by atoms with van der Waals surface area (Å²) in [6.45, 7) is 8.19. The van der Waals surface area contributed by atoms with Gasteiger partial charge in [-0.25, -0.2) is 8.42 Å². The van der Waals surface area contributed by atoms with Gasteiger partial charge in [-0.1, -0.05) is 58.1 Å². The van der Waals surface area contributed by atoms with Crippen molar-refractivity contribution in [1.82, 2.24) is 4.90 Å². The van der Waals surface area contributed by atoms with E-state index in [1.165, 1.54) is 63.3 Å². The number of piperidine rings is 1. The Labute approximate surface area is 172 Å². The van der Waals surface area contributed by atoms with Gasteiger partial charge in [-0.3, -0.25) is 4.72 Å². The van der Waals surface area contributed by atoms with Crippen molar-refractivity contribution < 1.29 is 8.42 Å². The van der Waals surface area contributed by atoms with E-state index in [0.717, 1.165) is 25.4 Å². The maximum atomic E-state index is 11.6. The first-order valence-electron chi connectivity index (χ1n) is 11.1. The second kappa shape index (κ2) is 9.17. The van der Waals surface area contributed by atoms with Gasteiger partial charge in [0.05, 0.1) is 6.26 Å². The first-order chi connectivity index (χ1) is 13.3. The van der Waals surface area contributed by atoms with Crippen LogP contribution in [0, 0.1) is 11.8 Å². The smallest absolute Gasteiger partial charge is 0.229 e. The van der Waals surface area contributed by atoms with Gasteiger partial charge in [-0.15, -0.1) is 0 Å². The topological polar surface area (TPSA) is 49.4 Å². The third kappa shape index (κ3) is 5.73. The summed E-state index contributed by atoms with van der Waals surface area (Å²) in [6, 6.07) is 7.98. The van der Waals surface area contributed by atoms with Crippen LogP contribution in [0.3, 0.4) is 0 Å². The maximum Gasteiger partial charge on any atom is 0.229 e. The molecule has 4 nitrogen and oxygen atoms in total.